The average Bonchev–Trinajstić information content (AvgIpc) is 3.16. The number of nitrogens with one attached hydrogen (secondary N) is 1. The summed E-state index contributed by atoms with van der Waals surface area (Å²) in [5.74, 6) is 0.380. The third-order valence-corrected chi connectivity index (χ3v) is 6.34. The van der Waals surface area contributed by atoms with Gasteiger partial charge in [-0.3, -0.25) is 9.36 Å². The van der Waals surface area contributed by atoms with Gasteiger partial charge in [-0.1, -0.05) is 43.0 Å². The highest BCUT2D eigenvalue weighted by Crippen LogP contribution is 2.27. The molecular weight excluding hydrogens is 423 g/mol. The molecule has 0 saturated carbocycles. The van der Waals surface area contributed by atoms with Crippen molar-refractivity contribution in [3.05, 3.63) is 89.4 Å². The number of pyridine rings is 1. The van der Waals surface area contributed by atoms with Gasteiger partial charge >= 0.3 is 0 Å². The van der Waals surface area contributed by atoms with E-state index in [1.807, 2.05) is 50.2 Å². The van der Waals surface area contributed by atoms with Crippen LogP contribution >= 0.6 is 11.8 Å². The van der Waals surface area contributed by atoms with Crippen LogP contribution in [0.15, 0.2) is 72.0 Å². The molecule has 7 heteroatoms. The Bertz CT molecular complexity index is 1210. The van der Waals surface area contributed by atoms with E-state index < -0.39 is 0 Å². The number of imidazole rings is 1. The molecular formula is C25H25FN4OS. The molecule has 0 unspecified atom stereocenters. The highest BCUT2D eigenvalue weighted by atomic mass is 32.2. The lowest BCUT2D eigenvalue weighted by atomic mass is 10.1. The maximum atomic E-state index is 13.2. The largest absolute Gasteiger partial charge is 0.350 e. The second-order valence-corrected chi connectivity index (χ2v) is 8.66. The summed E-state index contributed by atoms with van der Waals surface area (Å²) in [6, 6.07) is 18.1. The van der Waals surface area contributed by atoms with E-state index in [0.717, 1.165) is 33.9 Å². The number of carbonyl (C=O) groups is 1. The summed E-state index contributed by atoms with van der Waals surface area (Å²) in [4.78, 5) is 21.6. The van der Waals surface area contributed by atoms with E-state index in [1.165, 1.54) is 12.1 Å². The smallest absolute Gasteiger partial charge is 0.251 e. The van der Waals surface area contributed by atoms with Crippen LogP contribution in [0.1, 0.15) is 41.8 Å². The predicted molar refractivity (Wildman–Crippen MR) is 126 cm³/mol. The van der Waals surface area contributed by atoms with Gasteiger partial charge < -0.3 is 5.32 Å². The summed E-state index contributed by atoms with van der Waals surface area (Å²) in [5.41, 5.74) is 4.37. The Balaban J connectivity index is 1.54. The molecule has 4 aromatic rings. The zero-order valence-corrected chi connectivity index (χ0v) is 18.9. The highest BCUT2D eigenvalue weighted by Gasteiger charge is 2.14. The third kappa shape index (κ3) is 5.16. The summed E-state index contributed by atoms with van der Waals surface area (Å²) in [7, 11) is 0. The number of nitrogens with zero attached hydrogens (tertiary/aromatic N) is 3. The topological polar surface area (TPSA) is 59.8 Å². The molecule has 0 aliphatic carbocycles. The number of benzene rings is 2. The van der Waals surface area contributed by atoms with E-state index in [2.05, 4.69) is 14.9 Å². The van der Waals surface area contributed by atoms with Crippen LogP contribution in [0.3, 0.4) is 0 Å². The number of amides is 1. The van der Waals surface area contributed by atoms with Gasteiger partial charge in [0.05, 0.1) is 6.54 Å². The summed E-state index contributed by atoms with van der Waals surface area (Å²) < 4.78 is 15.3. The lowest BCUT2D eigenvalue weighted by molar-refractivity contribution is 0.0939. The van der Waals surface area contributed by atoms with Gasteiger partial charge in [0, 0.05) is 23.6 Å². The Morgan fingerprint density at radius 1 is 1.09 bits per heavy atom. The van der Waals surface area contributed by atoms with Crippen molar-refractivity contribution >= 4 is 28.8 Å². The lowest BCUT2D eigenvalue weighted by Gasteiger charge is -2.12. The molecule has 4 rings (SSSR count). The van der Waals surface area contributed by atoms with Crippen LogP contribution in [0.25, 0.3) is 11.2 Å². The van der Waals surface area contributed by atoms with Crippen molar-refractivity contribution in [3.63, 3.8) is 0 Å². The predicted octanol–water partition coefficient (Wildman–Crippen LogP) is 5.44. The van der Waals surface area contributed by atoms with Crippen LogP contribution in [0, 0.1) is 5.82 Å². The molecule has 32 heavy (non-hydrogen) atoms. The van der Waals surface area contributed by atoms with E-state index in [4.69, 9.17) is 4.98 Å². The van der Waals surface area contributed by atoms with Crippen LogP contribution in [0.2, 0.25) is 0 Å². The van der Waals surface area contributed by atoms with E-state index in [-0.39, 0.29) is 17.8 Å². The summed E-state index contributed by atoms with van der Waals surface area (Å²) in [6.45, 7) is 4.63. The molecule has 164 valence electrons. The van der Waals surface area contributed by atoms with Crippen molar-refractivity contribution in [1.82, 2.24) is 19.9 Å². The second-order valence-electron chi connectivity index (χ2n) is 7.72. The van der Waals surface area contributed by atoms with Crippen LogP contribution in [-0.2, 0) is 12.3 Å². The Hall–Kier alpha value is -3.19. The minimum atomic E-state index is -0.239. The maximum absolute atomic E-state index is 13.2. The SMILES string of the molecule is CC[C@@H](C)NC(=O)c1ccc(Cn2c(SCc3ccc(F)cc3)nc3cccnc32)cc1. The normalized spacial score (nSPS) is 12.1. The average molecular weight is 449 g/mol. The van der Waals surface area contributed by atoms with Crippen LogP contribution < -0.4 is 5.32 Å². The fraction of sp³-hybridized carbons (Fsp3) is 0.240. The Morgan fingerprint density at radius 2 is 1.81 bits per heavy atom. The molecule has 0 saturated heterocycles. The summed E-state index contributed by atoms with van der Waals surface area (Å²) >= 11 is 1.59. The van der Waals surface area contributed by atoms with E-state index >= 15 is 0 Å². The number of aromatic nitrogens is 3. The molecule has 2 heterocycles. The standard InChI is InChI=1S/C25H25FN4OS/c1-3-17(2)28-24(31)20-10-6-18(7-11-20)15-30-23-22(5-4-14-27-23)29-25(30)32-16-19-8-12-21(26)13-9-19/h4-14,17H,3,15-16H2,1-2H3,(H,28,31)/t17-/m1/s1. The van der Waals surface area contributed by atoms with E-state index in [0.29, 0.717) is 17.9 Å². The van der Waals surface area contributed by atoms with Crippen molar-refractivity contribution < 1.29 is 9.18 Å². The van der Waals surface area contributed by atoms with E-state index in [9.17, 15) is 9.18 Å². The first-order valence-electron chi connectivity index (χ1n) is 10.6. The van der Waals surface area contributed by atoms with E-state index in [1.54, 1.807) is 30.1 Å². The zero-order chi connectivity index (χ0) is 22.5. The van der Waals surface area contributed by atoms with Crippen molar-refractivity contribution in [2.45, 2.75) is 43.8 Å². The molecule has 0 aliphatic heterocycles. The summed E-state index contributed by atoms with van der Waals surface area (Å²) in [5, 5.41) is 3.84. The van der Waals surface area contributed by atoms with Crippen LogP contribution in [0.4, 0.5) is 4.39 Å². The Kier molecular flexibility index (Phi) is 6.85. The fourth-order valence-electron chi connectivity index (χ4n) is 3.27. The zero-order valence-electron chi connectivity index (χ0n) is 18.1. The van der Waals surface area contributed by atoms with Crippen molar-refractivity contribution in [3.8, 4) is 0 Å². The van der Waals surface area contributed by atoms with Gasteiger partial charge in [-0.15, -0.1) is 0 Å². The van der Waals surface area contributed by atoms with Crippen molar-refractivity contribution in [2.75, 3.05) is 0 Å². The minimum Gasteiger partial charge on any atom is -0.350 e. The molecule has 0 aliphatic rings. The number of rotatable bonds is 8. The molecule has 1 N–H and O–H groups in total. The fourth-order valence-corrected chi connectivity index (χ4v) is 4.23. The highest BCUT2D eigenvalue weighted by molar-refractivity contribution is 7.98. The minimum absolute atomic E-state index is 0.0591. The molecule has 2 aromatic heterocycles. The maximum Gasteiger partial charge on any atom is 0.251 e. The lowest BCUT2D eigenvalue weighted by Crippen LogP contribution is -2.31. The van der Waals surface area contributed by atoms with Crippen molar-refractivity contribution in [2.24, 2.45) is 0 Å². The van der Waals surface area contributed by atoms with Gasteiger partial charge in [0.1, 0.15) is 11.3 Å². The Morgan fingerprint density at radius 3 is 2.53 bits per heavy atom. The molecule has 2 aromatic carbocycles. The quantitative estimate of drug-likeness (QED) is 0.365. The van der Waals surface area contributed by atoms with Crippen LogP contribution in [0.5, 0.6) is 0 Å². The molecule has 1 amide bonds. The number of thioether (sulfide) groups is 1. The molecule has 0 radical (unpaired) electrons. The van der Waals surface area contributed by atoms with Gasteiger partial charge in [-0.2, -0.15) is 0 Å². The third-order valence-electron chi connectivity index (χ3n) is 5.30. The number of halogens is 1. The first-order valence-corrected chi connectivity index (χ1v) is 11.6. The first-order chi connectivity index (χ1) is 15.5. The molecule has 1 atom stereocenters. The number of hydrogen-bond donors (Lipinski definition) is 1. The van der Waals surface area contributed by atoms with Gasteiger partial charge in [0.2, 0.25) is 0 Å². The molecule has 5 nitrogen and oxygen atoms in total. The number of carbonyl (C=O) groups excluding carboxylic acids is 1. The molecule has 0 bridgehead atoms. The molecule has 0 fully saturated rings. The second kappa shape index (κ2) is 9.96. The van der Waals surface area contributed by atoms with Crippen molar-refractivity contribution in [1.29, 1.82) is 0 Å². The number of hydrogen-bond acceptors (Lipinski definition) is 4. The van der Waals surface area contributed by atoms with Gasteiger partial charge in [-0.05, 0) is 60.9 Å². The Labute approximate surface area is 191 Å². The first kappa shape index (κ1) is 22.0. The summed E-state index contributed by atoms with van der Waals surface area (Å²) in [6.07, 6.45) is 2.65. The van der Waals surface area contributed by atoms with Gasteiger partial charge in [0.15, 0.2) is 10.8 Å². The molecule has 0 spiro atoms. The number of fused-ring (bicyclic) bond motifs is 1. The monoisotopic (exact) mass is 448 g/mol. The van der Waals surface area contributed by atoms with Gasteiger partial charge in [-0.25, -0.2) is 14.4 Å². The van der Waals surface area contributed by atoms with Gasteiger partial charge in [0.25, 0.3) is 5.91 Å². The van der Waals surface area contributed by atoms with Crippen LogP contribution in [-0.4, -0.2) is 26.5 Å².